The van der Waals surface area contributed by atoms with Gasteiger partial charge in [0.1, 0.15) is 5.82 Å². The summed E-state index contributed by atoms with van der Waals surface area (Å²) in [6, 6.07) is 5.69. The number of nitrogens with two attached hydrogens (primary N) is 1. The number of carbonyl (C=O) groups is 2. The van der Waals surface area contributed by atoms with E-state index in [-0.39, 0.29) is 36.6 Å². The van der Waals surface area contributed by atoms with Crippen LogP contribution in [0.15, 0.2) is 24.3 Å². The summed E-state index contributed by atoms with van der Waals surface area (Å²) in [6.07, 6.45) is 4.35. The van der Waals surface area contributed by atoms with E-state index in [0.717, 1.165) is 25.7 Å². The van der Waals surface area contributed by atoms with Crippen molar-refractivity contribution in [3.05, 3.63) is 35.6 Å². The molecule has 0 radical (unpaired) electrons. The van der Waals surface area contributed by atoms with Crippen molar-refractivity contribution in [2.45, 2.75) is 45.1 Å². The molecule has 1 aliphatic carbocycles. The van der Waals surface area contributed by atoms with Crippen molar-refractivity contribution in [3.63, 3.8) is 0 Å². The zero-order valence-electron chi connectivity index (χ0n) is 14.0. The van der Waals surface area contributed by atoms with E-state index >= 15 is 0 Å². The lowest BCUT2D eigenvalue weighted by molar-refractivity contribution is -0.123. The van der Waals surface area contributed by atoms with Gasteiger partial charge in [-0.2, -0.15) is 0 Å². The summed E-state index contributed by atoms with van der Waals surface area (Å²) in [5.74, 6) is -0.939. The first kappa shape index (κ1) is 20.6. The van der Waals surface area contributed by atoms with Crippen LogP contribution < -0.4 is 11.1 Å². The Kier molecular flexibility index (Phi) is 8.36. The van der Waals surface area contributed by atoms with E-state index in [1.165, 1.54) is 18.2 Å². The van der Waals surface area contributed by atoms with Crippen molar-refractivity contribution < 1.29 is 14.0 Å². The zero-order valence-corrected chi connectivity index (χ0v) is 14.8. The predicted molar refractivity (Wildman–Crippen MR) is 94.7 cm³/mol. The molecular weight excluding hydrogens is 331 g/mol. The fraction of sp³-hybridized carbons (Fsp3) is 0.556. The molecule has 3 atom stereocenters. The highest BCUT2D eigenvalue weighted by Gasteiger charge is 2.26. The molecule has 1 amide bonds. The van der Waals surface area contributed by atoms with Crippen molar-refractivity contribution in [3.8, 4) is 0 Å². The number of rotatable bonds is 6. The summed E-state index contributed by atoms with van der Waals surface area (Å²) in [4.78, 5) is 24.5. The normalized spacial score (nSPS) is 21.5. The van der Waals surface area contributed by atoms with E-state index < -0.39 is 11.7 Å². The first-order valence-electron chi connectivity index (χ1n) is 8.30. The van der Waals surface area contributed by atoms with Crippen molar-refractivity contribution in [1.82, 2.24) is 5.32 Å². The van der Waals surface area contributed by atoms with Gasteiger partial charge in [-0.3, -0.25) is 9.59 Å². The van der Waals surface area contributed by atoms with Gasteiger partial charge in [0.15, 0.2) is 5.78 Å². The van der Waals surface area contributed by atoms with Gasteiger partial charge in [0.2, 0.25) is 5.91 Å². The predicted octanol–water partition coefficient (Wildman–Crippen LogP) is 3.09. The smallest absolute Gasteiger partial charge is 0.220 e. The van der Waals surface area contributed by atoms with Crippen molar-refractivity contribution in [2.75, 3.05) is 6.54 Å². The highest BCUT2D eigenvalue weighted by atomic mass is 35.5. The molecule has 0 aromatic heterocycles. The van der Waals surface area contributed by atoms with E-state index in [1.807, 2.05) is 0 Å². The minimum atomic E-state index is -0.475. The molecule has 0 saturated heterocycles. The molecule has 24 heavy (non-hydrogen) atoms. The van der Waals surface area contributed by atoms with Crippen LogP contribution in [-0.4, -0.2) is 24.3 Å². The molecule has 3 N–H and O–H groups in total. The lowest BCUT2D eigenvalue weighted by atomic mass is 9.84. The van der Waals surface area contributed by atoms with Gasteiger partial charge in [0.05, 0.1) is 0 Å². The van der Waals surface area contributed by atoms with Crippen LogP contribution in [0.25, 0.3) is 0 Å². The molecule has 0 bridgehead atoms. The standard InChI is InChI=1S/C18H25FN2O2.ClH/c1-12(18(23)13-6-4-7-15(19)10-13)9-17(22)21-16-8-3-2-5-14(16)11-20;/h4,6-7,10,12,14,16H,2-3,5,8-9,11,20H2,1H3,(H,21,22);1H. The van der Waals surface area contributed by atoms with Gasteiger partial charge in [-0.15, -0.1) is 12.4 Å². The van der Waals surface area contributed by atoms with Crippen LogP contribution in [0, 0.1) is 17.7 Å². The highest BCUT2D eigenvalue weighted by molar-refractivity contribution is 5.99. The van der Waals surface area contributed by atoms with Crippen LogP contribution in [-0.2, 0) is 4.79 Å². The molecule has 1 aliphatic rings. The maximum Gasteiger partial charge on any atom is 0.220 e. The molecule has 1 aromatic rings. The quantitative estimate of drug-likeness (QED) is 0.769. The lowest BCUT2D eigenvalue weighted by Gasteiger charge is -2.31. The molecule has 1 aromatic carbocycles. The highest BCUT2D eigenvalue weighted by Crippen LogP contribution is 2.24. The van der Waals surface area contributed by atoms with E-state index in [4.69, 9.17) is 5.73 Å². The van der Waals surface area contributed by atoms with Gasteiger partial charge >= 0.3 is 0 Å². The average molecular weight is 357 g/mol. The van der Waals surface area contributed by atoms with Gasteiger partial charge in [-0.25, -0.2) is 4.39 Å². The second kappa shape index (κ2) is 9.74. The summed E-state index contributed by atoms with van der Waals surface area (Å²) in [7, 11) is 0. The minimum Gasteiger partial charge on any atom is -0.353 e. The van der Waals surface area contributed by atoms with E-state index in [1.54, 1.807) is 13.0 Å². The Hall–Kier alpha value is -1.46. The third-order valence-electron chi connectivity index (χ3n) is 4.61. The third-order valence-corrected chi connectivity index (χ3v) is 4.61. The number of benzene rings is 1. The maximum absolute atomic E-state index is 13.2. The first-order valence-corrected chi connectivity index (χ1v) is 8.30. The van der Waals surface area contributed by atoms with Crippen LogP contribution in [0.4, 0.5) is 4.39 Å². The number of halogens is 2. The summed E-state index contributed by atoms with van der Waals surface area (Å²) in [5.41, 5.74) is 6.08. The number of hydrogen-bond donors (Lipinski definition) is 2. The Morgan fingerprint density at radius 3 is 2.71 bits per heavy atom. The molecule has 1 saturated carbocycles. The summed E-state index contributed by atoms with van der Waals surface area (Å²) in [5, 5.41) is 3.02. The number of carbonyl (C=O) groups excluding carboxylic acids is 2. The molecule has 0 aliphatic heterocycles. The molecule has 134 valence electrons. The first-order chi connectivity index (χ1) is 11.0. The van der Waals surface area contributed by atoms with E-state index in [0.29, 0.717) is 18.0 Å². The second-order valence-corrected chi connectivity index (χ2v) is 6.43. The summed E-state index contributed by atoms with van der Waals surface area (Å²) < 4.78 is 13.2. The number of amides is 1. The Bertz CT molecular complexity index is 568. The molecule has 0 spiro atoms. The van der Waals surface area contributed by atoms with Crippen LogP contribution in [0.5, 0.6) is 0 Å². The van der Waals surface area contributed by atoms with Gasteiger partial charge < -0.3 is 11.1 Å². The van der Waals surface area contributed by atoms with E-state index in [2.05, 4.69) is 5.32 Å². The summed E-state index contributed by atoms with van der Waals surface area (Å²) >= 11 is 0. The molecular formula is C18H26ClFN2O2. The zero-order chi connectivity index (χ0) is 16.8. The van der Waals surface area contributed by atoms with Gasteiger partial charge in [-0.1, -0.05) is 31.9 Å². The number of Topliss-reactive ketones (excluding diaryl/α,β-unsaturated/α-hetero) is 1. The second-order valence-electron chi connectivity index (χ2n) is 6.43. The van der Waals surface area contributed by atoms with Crippen LogP contribution >= 0.6 is 12.4 Å². The van der Waals surface area contributed by atoms with Crippen LogP contribution in [0.1, 0.15) is 49.4 Å². The average Bonchev–Trinajstić information content (AvgIpc) is 2.54. The van der Waals surface area contributed by atoms with Gasteiger partial charge in [-0.05, 0) is 37.4 Å². The van der Waals surface area contributed by atoms with Crippen molar-refractivity contribution in [2.24, 2.45) is 17.6 Å². The topological polar surface area (TPSA) is 72.2 Å². The van der Waals surface area contributed by atoms with Crippen LogP contribution in [0.2, 0.25) is 0 Å². The number of nitrogens with one attached hydrogen (secondary N) is 1. The summed E-state index contributed by atoms with van der Waals surface area (Å²) in [6.45, 7) is 2.27. The lowest BCUT2D eigenvalue weighted by Crippen LogP contribution is -2.45. The molecule has 1 fully saturated rings. The molecule has 3 unspecified atom stereocenters. The van der Waals surface area contributed by atoms with Crippen molar-refractivity contribution >= 4 is 24.1 Å². The Labute approximate surface area is 148 Å². The monoisotopic (exact) mass is 356 g/mol. The molecule has 2 rings (SSSR count). The molecule has 6 heteroatoms. The van der Waals surface area contributed by atoms with Gasteiger partial charge in [0.25, 0.3) is 0 Å². The molecule has 0 heterocycles. The van der Waals surface area contributed by atoms with E-state index in [9.17, 15) is 14.0 Å². The Morgan fingerprint density at radius 2 is 2.04 bits per heavy atom. The van der Waals surface area contributed by atoms with Crippen molar-refractivity contribution in [1.29, 1.82) is 0 Å². The van der Waals surface area contributed by atoms with Crippen LogP contribution in [0.3, 0.4) is 0 Å². The maximum atomic E-state index is 13.2. The molecule has 4 nitrogen and oxygen atoms in total. The largest absolute Gasteiger partial charge is 0.353 e. The number of ketones is 1. The minimum absolute atomic E-state index is 0. The Balaban J connectivity index is 0.00000288. The Morgan fingerprint density at radius 1 is 1.33 bits per heavy atom. The fourth-order valence-electron chi connectivity index (χ4n) is 3.24. The third kappa shape index (κ3) is 5.56. The van der Waals surface area contributed by atoms with Gasteiger partial charge in [0, 0.05) is 23.9 Å². The number of hydrogen-bond acceptors (Lipinski definition) is 3. The fourth-order valence-corrected chi connectivity index (χ4v) is 3.24. The SMILES string of the molecule is CC(CC(=O)NC1CCCCC1CN)C(=O)c1cccc(F)c1.Cl.